The highest BCUT2D eigenvalue weighted by molar-refractivity contribution is 6.33. The van der Waals surface area contributed by atoms with Gasteiger partial charge in [-0.2, -0.15) is 0 Å². The molecule has 24 heavy (non-hydrogen) atoms. The molecule has 2 aromatic rings. The van der Waals surface area contributed by atoms with E-state index in [1.807, 2.05) is 0 Å². The summed E-state index contributed by atoms with van der Waals surface area (Å²) in [5.41, 5.74) is 0.332. The third kappa shape index (κ3) is 4.30. The Bertz CT molecular complexity index is 794. The summed E-state index contributed by atoms with van der Waals surface area (Å²) < 4.78 is 0. The lowest BCUT2D eigenvalue weighted by Crippen LogP contribution is -2.41. The molecule has 0 aliphatic carbocycles. The van der Waals surface area contributed by atoms with Crippen molar-refractivity contribution in [3.63, 3.8) is 0 Å². The van der Waals surface area contributed by atoms with Crippen LogP contribution < -0.4 is 10.6 Å². The first-order chi connectivity index (χ1) is 11.4. The minimum atomic E-state index is -0.854. The van der Waals surface area contributed by atoms with Crippen molar-refractivity contribution in [3.8, 4) is 0 Å². The van der Waals surface area contributed by atoms with Gasteiger partial charge in [0.25, 0.3) is 11.6 Å². The van der Waals surface area contributed by atoms with Crippen LogP contribution in [0.25, 0.3) is 0 Å². The van der Waals surface area contributed by atoms with Crippen molar-refractivity contribution in [2.45, 2.75) is 13.0 Å². The van der Waals surface area contributed by atoms with Gasteiger partial charge in [-0.1, -0.05) is 29.8 Å². The van der Waals surface area contributed by atoms with Crippen molar-refractivity contribution in [1.29, 1.82) is 0 Å². The number of anilines is 1. The molecule has 1 atom stereocenters. The number of para-hydroxylation sites is 1. The van der Waals surface area contributed by atoms with Crippen LogP contribution in [-0.2, 0) is 4.79 Å². The van der Waals surface area contributed by atoms with E-state index >= 15 is 0 Å². The van der Waals surface area contributed by atoms with Gasteiger partial charge in [0.05, 0.1) is 15.6 Å². The van der Waals surface area contributed by atoms with E-state index in [4.69, 9.17) is 11.6 Å². The molecule has 0 fully saturated rings. The zero-order valence-corrected chi connectivity index (χ0v) is 13.4. The lowest BCUT2D eigenvalue weighted by molar-refractivity contribution is -0.384. The van der Waals surface area contributed by atoms with E-state index < -0.39 is 22.8 Å². The maximum Gasteiger partial charge on any atom is 0.270 e. The number of hydrogen-bond donors (Lipinski definition) is 2. The summed E-state index contributed by atoms with van der Waals surface area (Å²) in [7, 11) is 0. The highest BCUT2D eigenvalue weighted by Crippen LogP contribution is 2.20. The molecular formula is C16H14ClN3O4. The van der Waals surface area contributed by atoms with Gasteiger partial charge in [0.15, 0.2) is 0 Å². The molecule has 0 aliphatic heterocycles. The Hall–Kier alpha value is -2.93. The fraction of sp³-hybridized carbons (Fsp3) is 0.125. The summed E-state index contributed by atoms with van der Waals surface area (Å²) in [6, 6.07) is 11.1. The molecule has 7 nitrogen and oxygen atoms in total. The maximum atomic E-state index is 12.1. The van der Waals surface area contributed by atoms with Crippen molar-refractivity contribution in [2.75, 3.05) is 5.32 Å². The number of nitro groups is 1. The van der Waals surface area contributed by atoms with Crippen LogP contribution in [0.3, 0.4) is 0 Å². The van der Waals surface area contributed by atoms with Crippen molar-refractivity contribution in [1.82, 2.24) is 5.32 Å². The Morgan fingerprint density at radius 1 is 1.17 bits per heavy atom. The van der Waals surface area contributed by atoms with E-state index in [0.29, 0.717) is 10.7 Å². The van der Waals surface area contributed by atoms with Crippen LogP contribution in [0.1, 0.15) is 17.3 Å². The molecule has 8 heteroatoms. The predicted octanol–water partition coefficient (Wildman–Crippen LogP) is 3.01. The number of carbonyl (C=O) groups is 2. The first-order valence-electron chi connectivity index (χ1n) is 6.99. The zero-order chi connectivity index (χ0) is 17.7. The summed E-state index contributed by atoms with van der Waals surface area (Å²) >= 11 is 5.96. The van der Waals surface area contributed by atoms with Gasteiger partial charge in [0, 0.05) is 17.7 Å². The Labute approximate surface area is 142 Å². The first kappa shape index (κ1) is 17.4. The SMILES string of the molecule is CC(NC(=O)c1cccc([N+](=O)[O-])c1)C(=O)Nc1ccccc1Cl. The highest BCUT2D eigenvalue weighted by atomic mass is 35.5. The molecule has 2 rings (SSSR count). The molecule has 2 N–H and O–H groups in total. The number of nitrogens with zero attached hydrogens (tertiary/aromatic N) is 1. The number of amides is 2. The summed E-state index contributed by atoms with van der Waals surface area (Å²) in [5.74, 6) is -1.04. The molecule has 0 radical (unpaired) electrons. The van der Waals surface area contributed by atoms with Crippen molar-refractivity contribution in [3.05, 3.63) is 69.2 Å². The monoisotopic (exact) mass is 347 g/mol. The van der Waals surface area contributed by atoms with Gasteiger partial charge in [-0.05, 0) is 25.1 Å². The number of hydrogen-bond acceptors (Lipinski definition) is 4. The minimum Gasteiger partial charge on any atom is -0.341 e. The quantitative estimate of drug-likeness (QED) is 0.641. The van der Waals surface area contributed by atoms with Crippen LogP contribution in [0, 0.1) is 10.1 Å². The van der Waals surface area contributed by atoms with E-state index in [1.165, 1.54) is 25.1 Å². The lowest BCUT2D eigenvalue weighted by Gasteiger charge is -2.14. The summed E-state index contributed by atoms with van der Waals surface area (Å²) in [6.45, 7) is 1.50. The number of rotatable bonds is 5. The fourth-order valence-electron chi connectivity index (χ4n) is 1.91. The van der Waals surface area contributed by atoms with Gasteiger partial charge in [0.1, 0.15) is 6.04 Å². The third-order valence-electron chi connectivity index (χ3n) is 3.19. The fourth-order valence-corrected chi connectivity index (χ4v) is 2.09. The summed E-state index contributed by atoms with van der Waals surface area (Å²) in [5, 5.41) is 16.2. The Morgan fingerprint density at radius 3 is 2.54 bits per heavy atom. The van der Waals surface area contributed by atoms with Gasteiger partial charge >= 0.3 is 0 Å². The number of nitro benzene ring substituents is 1. The second-order valence-corrected chi connectivity index (χ2v) is 5.38. The van der Waals surface area contributed by atoms with E-state index in [-0.39, 0.29) is 11.3 Å². The molecule has 0 aliphatic rings. The van der Waals surface area contributed by atoms with Gasteiger partial charge in [-0.15, -0.1) is 0 Å². The molecule has 2 aromatic carbocycles. The first-order valence-corrected chi connectivity index (χ1v) is 7.37. The second-order valence-electron chi connectivity index (χ2n) is 4.97. The van der Waals surface area contributed by atoms with Crippen LogP contribution in [0.2, 0.25) is 5.02 Å². The minimum absolute atomic E-state index is 0.0987. The number of halogens is 1. The predicted molar refractivity (Wildman–Crippen MR) is 90.1 cm³/mol. The maximum absolute atomic E-state index is 12.1. The normalized spacial score (nSPS) is 11.4. The molecule has 0 spiro atoms. The Balaban J connectivity index is 2.03. The molecule has 0 saturated heterocycles. The molecule has 0 heterocycles. The number of benzene rings is 2. The van der Waals surface area contributed by atoms with Crippen LogP contribution in [-0.4, -0.2) is 22.8 Å². The largest absolute Gasteiger partial charge is 0.341 e. The second kappa shape index (κ2) is 7.56. The van der Waals surface area contributed by atoms with Crippen LogP contribution in [0.15, 0.2) is 48.5 Å². The zero-order valence-electron chi connectivity index (χ0n) is 12.7. The summed E-state index contributed by atoms with van der Waals surface area (Å²) in [4.78, 5) is 34.4. The van der Waals surface area contributed by atoms with Gasteiger partial charge in [0.2, 0.25) is 5.91 Å². The number of carbonyl (C=O) groups excluding carboxylic acids is 2. The highest BCUT2D eigenvalue weighted by Gasteiger charge is 2.18. The van der Waals surface area contributed by atoms with E-state index in [0.717, 1.165) is 6.07 Å². The average molecular weight is 348 g/mol. The Kier molecular flexibility index (Phi) is 5.49. The van der Waals surface area contributed by atoms with Crippen molar-refractivity contribution in [2.24, 2.45) is 0 Å². The Morgan fingerprint density at radius 2 is 1.88 bits per heavy atom. The van der Waals surface area contributed by atoms with Crippen LogP contribution in [0.5, 0.6) is 0 Å². The molecule has 0 saturated carbocycles. The average Bonchev–Trinajstić information content (AvgIpc) is 2.56. The number of nitrogens with one attached hydrogen (secondary N) is 2. The molecule has 1 unspecified atom stereocenters. The molecular weight excluding hydrogens is 334 g/mol. The van der Waals surface area contributed by atoms with Gasteiger partial charge in [-0.25, -0.2) is 0 Å². The standard InChI is InChI=1S/C16H14ClN3O4/c1-10(15(21)19-14-8-3-2-7-13(14)17)18-16(22)11-5-4-6-12(9-11)20(23)24/h2-10H,1H3,(H,18,22)(H,19,21). The molecule has 0 bridgehead atoms. The third-order valence-corrected chi connectivity index (χ3v) is 3.52. The van der Waals surface area contributed by atoms with E-state index in [9.17, 15) is 19.7 Å². The molecule has 0 aromatic heterocycles. The molecule has 2 amide bonds. The van der Waals surface area contributed by atoms with Gasteiger partial charge in [-0.3, -0.25) is 19.7 Å². The topological polar surface area (TPSA) is 101 Å². The molecule has 124 valence electrons. The number of non-ortho nitro benzene ring substituents is 1. The van der Waals surface area contributed by atoms with Gasteiger partial charge < -0.3 is 10.6 Å². The summed E-state index contributed by atoms with van der Waals surface area (Å²) in [6.07, 6.45) is 0. The van der Waals surface area contributed by atoms with Crippen molar-refractivity contribution >= 4 is 34.8 Å². The van der Waals surface area contributed by atoms with Crippen LogP contribution in [0.4, 0.5) is 11.4 Å². The van der Waals surface area contributed by atoms with E-state index in [2.05, 4.69) is 10.6 Å². The van der Waals surface area contributed by atoms with Crippen LogP contribution >= 0.6 is 11.6 Å². The smallest absolute Gasteiger partial charge is 0.270 e. The van der Waals surface area contributed by atoms with Crippen molar-refractivity contribution < 1.29 is 14.5 Å². The lowest BCUT2D eigenvalue weighted by atomic mass is 10.1. The van der Waals surface area contributed by atoms with E-state index in [1.54, 1.807) is 24.3 Å².